The average molecular weight is 281 g/mol. The van der Waals surface area contributed by atoms with Gasteiger partial charge < -0.3 is 4.74 Å². The van der Waals surface area contributed by atoms with E-state index in [1.54, 1.807) is 0 Å². The molecular formula is C12H12F5NO. The third-order valence-electron chi connectivity index (χ3n) is 3.19. The molecule has 0 aliphatic carbocycles. The maximum absolute atomic E-state index is 12.9. The van der Waals surface area contributed by atoms with Gasteiger partial charge in [0.2, 0.25) is 0 Å². The van der Waals surface area contributed by atoms with Crippen LogP contribution in [0, 0.1) is 11.6 Å². The summed E-state index contributed by atoms with van der Waals surface area (Å²) < 4.78 is 68.6. The van der Waals surface area contributed by atoms with Crippen molar-refractivity contribution in [2.75, 3.05) is 20.2 Å². The van der Waals surface area contributed by atoms with Crippen LogP contribution in [0.4, 0.5) is 22.0 Å². The van der Waals surface area contributed by atoms with Crippen LogP contribution >= 0.6 is 0 Å². The zero-order valence-corrected chi connectivity index (χ0v) is 10.1. The Morgan fingerprint density at radius 1 is 1.16 bits per heavy atom. The van der Waals surface area contributed by atoms with E-state index in [0.29, 0.717) is 5.56 Å². The SMILES string of the molecule is COC1(C(F)(F)F)CN(Cc2cc(F)cc(F)c2)C1. The number of methoxy groups -OCH3 is 1. The lowest BCUT2D eigenvalue weighted by molar-refractivity contribution is -0.312. The first-order chi connectivity index (χ1) is 8.75. The van der Waals surface area contributed by atoms with Crippen molar-refractivity contribution in [3.8, 4) is 0 Å². The lowest BCUT2D eigenvalue weighted by Gasteiger charge is -2.49. The monoisotopic (exact) mass is 281 g/mol. The highest BCUT2D eigenvalue weighted by Gasteiger charge is 2.62. The van der Waals surface area contributed by atoms with Crippen LogP contribution in [-0.2, 0) is 11.3 Å². The maximum Gasteiger partial charge on any atom is 0.419 e. The third kappa shape index (κ3) is 2.71. The van der Waals surface area contributed by atoms with Crippen LogP contribution in [0.2, 0.25) is 0 Å². The van der Waals surface area contributed by atoms with Crippen molar-refractivity contribution in [1.82, 2.24) is 4.90 Å². The van der Waals surface area contributed by atoms with Gasteiger partial charge in [0.25, 0.3) is 0 Å². The van der Waals surface area contributed by atoms with Crippen molar-refractivity contribution in [1.29, 1.82) is 0 Å². The molecule has 0 saturated carbocycles. The first-order valence-corrected chi connectivity index (χ1v) is 5.55. The molecule has 0 radical (unpaired) electrons. The highest BCUT2D eigenvalue weighted by atomic mass is 19.4. The second-order valence-corrected chi connectivity index (χ2v) is 4.62. The van der Waals surface area contributed by atoms with Crippen molar-refractivity contribution >= 4 is 0 Å². The molecule has 2 rings (SSSR count). The van der Waals surface area contributed by atoms with Crippen LogP contribution in [0.3, 0.4) is 0 Å². The summed E-state index contributed by atoms with van der Waals surface area (Å²) in [4.78, 5) is 1.42. The fourth-order valence-corrected chi connectivity index (χ4v) is 2.17. The van der Waals surface area contributed by atoms with Crippen molar-refractivity contribution in [3.63, 3.8) is 0 Å². The molecule has 2 nitrogen and oxygen atoms in total. The van der Waals surface area contributed by atoms with E-state index in [1.807, 2.05) is 0 Å². The molecule has 1 heterocycles. The van der Waals surface area contributed by atoms with Gasteiger partial charge in [0.15, 0.2) is 5.60 Å². The fraction of sp³-hybridized carbons (Fsp3) is 0.500. The van der Waals surface area contributed by atoms with Crippen molar-refractivity contribution in [2.24, 2.45) is 0 Å². The number of benzene rings is 1. The minimum absolute atomic E-state index is 0.0515. The highest BCUT2D eigenvalue weighted by molar-refractivity contribution is 5.19. The third-order valence-corrected chi connectivity index (χ3v) is 3.19. The summed E-state index contributed by atoms with van der Waals surface area (Å²) >= 11 is 0. The van der Waals surface area contributed by atoms with E-state index in [-0.39, 0.29) is 19.6 Å². The van der Waals surface area contributed by atoms with Crippen LogP contribution in [0.15, 0.2) is 18.2 Å². The Balaban J connectivity index is 2.01. The molecule has 0 spiro atoms. The normalized spacial score (nSPS) is 19.3. The van der Waals surface area contributed by atoms with Gasteiger partial charge in [0, 0.05) is 32.8 Å². The van der Waals surface area contributed by atoms with E-state index >= 15 is 0 Å². The molecule has 1 fully saturated rings. The van der Waals surface area contributed by atoms with E-state index in [0.717, 1.165) is 25.3 Å². The molecule has 1 aromatic rings. The standard InChI is InChI=1S/C12H12F5NO/c1-19-11(12(15,16)17)6-18(7-11)5-8-2-9(13)4-10(14)3-8/h2-4H,5-7H2,1H3. The average Bonchev–Trinajstić information content (AvgIpc) is 2.19. The van der Waals surface area contributed by atoms with Crippen LogP contribution in [0.5, 0.6) is 0 Å². The quantitative estimate of drug-likeness (QED) is 0.790. The van der Waals surface area contributed by atoms with Crippen molar-refractivity contribution < 1.29 is 26.7 Å². The fourth-order valence-electron chi connectivity index (χ4n) is 2.17. The van der Waals surface area contributed by atoms with E-state index in [9.17, 15) is 22.0 Å². The maximum atomic E-state index is 12.9. The number of hydrogen-bond acceptors (Lipinski definition) is 2. The lowest BCUT2D eigenvalue weighted by atomic mass is 9.92. The number of likely N-dealkylation sites (tertiary alicyclic amines) is 1. The molecule has 0 aromatic heterocycles. The van der Waals surface area contributed by atoms with Gasteiger partial charge in [0.1, 0.15) is 11.6 Å². The summed E-state index contributed by atoms with van der Waals surface area (Å²) in [5, 5.41) is 0. The predicted octanol–water partition coefficient (Wildman–Crippen LogP) is 2.73. The van der Waals surface area contributed by atoms with Crippen molar-refractivity contribution in [2.45, 2.75) is 18.3 Å². The van der Waals surface area contributed by atoms with Crippen molar-refractivity contribution in [3.05, 3.63) is 35.4 Å². The first-order valence-electron chi connectivity index (χ1n) is 5.55. The molecule has 7 heteroatoms. The Morgan fingerprint density at radius 2 is 1.68 bits per heavy atom. The molecule has 0 amide bonds. The summed E-state index contributed by atoms with van der Waals surface area (Å²) in [6.45, 7) is -0.633. The second kappa shape index (κ2) is 4.72. The molecule has 1 aliphatic heterocycles. The Morgan fingerprint density at radius 3 is 2.11 bits per heavy atom. The Bertz CT molecular complexity index is 447. The highest BCUT2D eigenvalue weighted by Crippen LogP contribution is 2.40. The molecule has 1 aromatic carbocycles. The van der Waals surface area contributed by atoms with Crippen LogP contribution < -0.4 is 0 Å². The van der Waals surface area contributed by atoms with Gasteiger partial charge in [-0.15, -0.1) is 0 Å². The number of ether oxygens (including phenoxy) is 1. The summed E-state index contributed by atoms with van der Waals surface area (Å²) in [5.41, 5.74) is -1.87. The first kappa shape index (κ1) is 14.2. The second-order valence-electron chi connectivity index (χ2n) is 4.62. The minimum atomic E-state index is -4.45. The summed E-state index contributed by atoms with van der Waals surface area (Å²) in [6, 6.07) is 2.92. The van der Waals surface area contributed by atoms with Gasteiger partial charge >= 0.3 is 6.18 Å². The molecular weight excluding hydrogens is 269 g/mol. The summed E-state index contributed by atoms with van der Waals surface area (Å²) in [7, 11) is 1.01. The summed E-state index contributed by atoms with van der Waals surface area (Å²) in [5.74, 6) is -1.49. The van der Waals surface area contributed by atoms with Crippen LogP contribution in [0.1, 0.15) is 5.56 Å². The predicted molar refractivity (Wildman–Crippen MR) is 57.4 cm³/mol. The van der Waals surface area contributed by atoms with Gasteiger partial charge in [0.05, 0.1) is 0 Å². The molecule has 19 heavy (non-hydrogen) atoms. The molecule has 1 aliphatic rings. The Hall–Kier alpha value is -1.21. The topological polar surface area (TPSA) is 12.5 Å². The lowest BCUT2D eigenvalue weighted by Crippen LogP contribution is -2.69. The van der Waals surface area contributed by atoms with E-state index in [4.69, 9.17) is 0 Å². The number of halogens is 5. The Kier molecular flexibility index (Phi) is 3.53. The van der Waals surface area contributed by atoms with E-state index in [1.165, 1.54) is 4.90 Å². The van der Waals surface area contributed by atoms with Gasteiger partial charge in [-0.05, 0) is 17.7 Å². The molecule has 1 saturated heterocycles. The van der Waals surface area contributed by atoms with Gasteiger partial charge in [-0.1, -0.05) is 0 Å². The number of rotatable bonds is 3. The molecule has 0 atom stereocenters. The molecule has 106 valence electrons. The zero-order chi connectivity index (χ0) is 14.3. The zero-order valence-electron chi connectivity index (χ0n) is 10.1. The molecule has 0 N–H and O–H groups in total. The van der Waals surface area contributed by atoms with E-state index in [2.05, 4.69) is 4.74 Å². The molecule has 0 bridgehead atoms. The van der Waals surface area contributed by atoms with Crippen LogP contribution in [0.25, 0.3) is 0 Å². The Labute approximate surface area is 106 Å². The number of nitrogens with zero attached hydrogens (tertiary/aromatic N) is 1. The van der Waals surface area contributed by atoms with Gasteiger partial charge in [-0.25, -0.2) is 8.78 Å². The number of alkyl halides is 3. The minimum Gasteiger partial charge on any atom is -0.366 e. The largest absolute Gasteiger partial charge is 0.419 e. The number of hydrogen-bond donors (Lipinski definition) is 0. The van der Waals surface area contributed by atoms with E-state index < -0.39 is 23.4 Å². The molecule has 0 unspecified atom stereocenters. The summed E-state index contributed by atoms with van der Waals surface area (Å²) in [6.07, 6.45) is -4.45. The van der Waals surface area contributed by atoms with Gasteiger partial charge in [-0.2, -0.15) is 13.2 Å². The smallest absolute Gasteiger partial charge is 0.366 e. The van der Waals surface area contributed by atoms with Crippen LogP contribution in [-0.4, -0.2) is 36.9 Å². The van der Waals surface area contributed by atoms with Gasteiger partial charge in [-0.3, -0.25) is 4.90 Å².